The van der Waals surface area contributed by atoms with Crippen molar-refractivity contribution in [3.8, 4) is 0 Å². The third-order valence-electron chi connectivity index (χ3n) is 1.30. The molecular weight excluding hydrogens is 144 g/mol. The molecule has 0 aromatic carbocycles. The van der Waals surface area contributed by atoms with Crippen molar-refractivity contribution in [3.63, 3.8) is 0 Å². The summed E-state index contributed by atoms with van der Waals surface area (Å²) in [5.41, 5.74) is 1.18. The minimum atomic E-state index is 0.289. The van der Waals surface area contributed by atoms with Gasteiger partial charge in [-0.3, -0.25) is 0 Å². The van der Waals surface area contributed by atoms with E-state index in [-0.39, 0.29) is 5.38 Å². The van der Waals surface area contributed by atoms with Gasteiger partial charge in [-0.2, -0.15) is 0 Å². The monoisotopic (exact) mass is 160 g/mol. The number of allylic oxidation sites excluding steroid dienone is 1. The number of hydrogen-bond donors (Lipinski definition) is 0. The Bertz CT molecular complexity index is 105. The zero-order valence-electron chi connectivity index (χ0n) is 7.15. The van der Waals surface area contributed by atoms with E-state index in [4.69, 9.17) is 11.6 Å². The zero-order valence-corrected chi connectivity index (χ0v) is 7.91. The van der Waals surface area contributed by atoms with Crippen LogP contribution < -0.4 is 0 Å². The van der Waals surface area contributed by atoms with Crippen molar-refractivity contribution in [3.05, 3.63) is 12.2 Å². The molecule has 10 heavy (non-hydrogen) atoms. The molecule has 60 valence electrons. The molecule has 0 bridgehead atoms. The third-order valence-corrected chi connectivity index (χ3v) is 1.63. The highest BCUT2D eigenvalue weighted by Crippen LogP contribution is 2.16. The van der Waals surface area contributed by atoms with Crippen LogP contribution in [0, 0.1) is 5.92 Å². The molecule has 0 saturated carbocycles. The SMILES string of the molecule is C=C(C)CC(Cl)CC(C)C. The third kappa shape index (κ3) is 6.15. The van der Waals surface area contributed by atoms with E-state index in [1.165, 1.54) is 5.57 Å². The van der Waals surface area contributed by atoms with Crippen LogP contribution in [0.1, 0.15) is 33.6 Å². The molecule has 0 heterocycles. The maximum Gasteiger partial charge on any atom is 0.0375 e. The largest absolute Gasteiger partial charge is 0.123 e. The summed E-state index contributed by atoms with van der Waals surface area (Å²) in [5.74, 6) is 0.696. The summed E-state index contributed by atoms with van der Waals surface area (Å²) in [6.45, 7) is 10.2. The molecule has 0 N–H and O–H groups in total. The van der Waals surface area contributed by atoms with E-state index in [0.29, 0.717) is 5.92 Å². The first kappa shape index (κ1) is 10.0. The van der Waals surface area contributed by atoms with Crippen molar-refractivity contribution in [2.24, 2.45) is 5.92 Å². The first-order valence-electron chi connectivity index (χ1n) is 3.80. The standard InChI is InChI=1S/C9H17Cl/c1-7(2)5-9(10)6-8(3)4/h8-9H,1,5-6H2,2-4H3. The lowest BCUT2D eigenvalue weighted by atomic mass is 10.0. The maximum absolute atomic E-state index is 6.01. The molecule has 1 atom stereocenters. The predicted molar refractivity (Wildman–Crippen MR) is 48.5 cm³/mol. The first-order chi connectivity index (χ1) is 4.52. The van der Waals surface area contributed by atoms with Gasteiger partial charge in [0, 0.05) is 5.38 Å². The quantitative estimate of drug-likeness (QED) is 0.436. The van der Waals surface area contributed by atoms with E-state index in [1.54, 1.807) is 0 Å². The lowest BCUT2D eigenvalue weighted by Crippen LogP contribution is -2.03. The normalized spacial score (nSPS) is 13.7. The number of hydrogen-bond acceptors (Lipinski definition) is 0. The molecular formula is C9H17Cl. The lowest BCUT2D eigenvalue weighted by molar-refractivity contribution is 0.561. The van der Waals surface area contributed by atoms with Crippen LogP contribution in [0.15, 0.2) is 12.2 Å². The predicted octanol–water partition coefficient (Wildman–Crippen LogP) is 3.61. The van der Waals surface area contributed by atoms with Crippen LogP contribution in [0.4, 0.5) is 0 Å². The summed E-state index contributed by atoms with van der Waals surface area (Å²) in [7, 11) is 0. The molecule has 0 radical (unpaired) electrons. The second kappa shape index (κ2) is 4.79. The second-order valence-corrected chi connectivity index (χ2v) is 4.01. The molecule has 0 amide bonds. The van der Waals surface area contributed by atoms with E-state index in [0.717, 1.165) is 12.8 Å². The Balaban J connectivity index is 3.43. The van der Waals surface area contributed by atoms with Crippen LogP contribution in [-0.4, -0.2) is 5.38 Å². The van der Waals surface area contributed by atoms with Gasteiger partial charge in [-0.05, 0) is 25.7 Å². The zero-order chi connectivity index (χ0) is 8.15. The number of rotatable bonds is 4. The fraction of sp³-hybridized carbons (Fsp3) is 0.778. The molecule has 0 aromatic heterocycles. The van der Waals surface area contributed by atoms with Crippen LogP contribution in [-0.2, 0) is 0 Å². The Morgan fingerprint density at radius 3 is 2.30 bits per heavy atom. The summed E-state index contributed by atoms with van der Waals surface area (Å²) >= 11 is 6.01. The Morgan fingerprint density at radius 2 is 2.00 bits per heavy atom. The van der Waals surface area contributed by atoms with Gasteiger partial charge < -0.3 is 0 Å². The van der Waals surface area contributed by atoms with Crippen LogP contribution in [0.2, 0.25) is 0 Å². The Hall–Kier alpha value is 0.0300. The first-order valence-corrected chi connectivity index (χ1v) is 4.24. The molecule has 0 aromatic rings. The number of alkyl halides is 1. The molecule has 1 heteroatoms. The molecule has 0 rings (SSSR count). The minimum absolute atomic E-state index is 0.289. The van der Waals surface area contributed by atoms with Crippen LogP contribution >= 0.6 is 11.6 Å². The van der Waals surface area contributed by atoms with Crippen molar-refractivity contribution < 1.29 is 0 Å². The molecule has 0 fully saturated rings. The molecule has 0 aliphatic rings. The van der Waals surface area contributed by atoms with Gasteiger partial charge in [-0.15, -0.1) is 18.2 Å². The topological polar surface area (TPSA) is 0 Å². The highest BCUT2D eigenvalue weighted by molar-refractivity contribution is 6.20. The van der Waals surface area contributed by atoms with E-state index < -0.39 is 0 Å². The van der Waals surface area contributed by atoms with Gasteiger partial charge in [0.25, 0.3) is 0 Å². The van der Waals surface area contributed by atoms with E-state index >= 15 is 0 Å². The lowest BCUT2D eigenvalue weighted by Gasteiger charge is -2.10. The molecule has 0 aliphatic carbocycles. The average molecular weight is 161 g/mol. The number of halogens is 1. The van der Waals surface area contributed by atoms with E-state index in [1.807, 2.05) is 6.92 Å². The van der Waals surface area contributed by atoms with E-state index in [9.17, 15) is 0 Å². The molecule has 0 aliphatic heterocycles. The molecule has 0 spiro atoms. The maximum atomic E-state index is 6.01. The van der Waals surface area contributed by atoms with Crippen LogP contribution in [0.3, 0.4) is 0 Å². The highest BCUT2D eigenvalue weighted by Gasteiger charge is 2.06. The van der Waals surface area contributed by atoms with Crippen molar-refractivity contribution in [2.75, 3.05) is 0 Å². The average Bonchev–Trinajstić information content (AvgIpc) is 1.58. The van der Waals surface area contributed by atoms with Crippen molar-refractivity contribution in [1.29, 1.82) is 0 Å². The van der Waals surface area contributed by atoms with Gasteiger partial charge >= 0.3 is 0 Å². The summed E-state index contributed by atoms with van der Waals surface area (Å²) in [6, 6.07) is 0. The molecule has 0 nitrogen and oxygen atoms in total. The van der Waals surface area contributed by atoms with Gasteiger partial charge in [0.1, 0.15) is 0 Å². The van der Waals surface area contributed by atoms with Gasteiger partial charge in [-0.1, -0.05) is 19.4 Å². The molecule has 1 unspecified atom stereocenters. The van der Waals surface area contributed by atoms with Crippen molar-refractivity contribution in [1.82, 2.24) is 0 Å². The summed E-state index contributed by atoms with van der Waals surface area (Å²) in [6.07, 6.45) is 2.05. The Labute approximate surface area is 69.3 Å². The van der Waals surface area contributed by atoms with Gasteiger partial charge in [0.05, 0.1) is 0 Å². The van der Waals surface area contributed by atoms with Crippen LogP contribution in [0.5, 0.6) is 0 Å². The van der Waals surface area contributed by atoms with Crippen molar-refractivity contribution in [2.45, 2.75) is 39.0 Å². The summed E-state index contributed by atoms with van der Waals surface area (Å²) in [5, 5.41) is 0.289. The van der Waals surface area contributed by atoms with Gasteiger partial charge in [0.15, 0.2) is 0 Å². The van der Waals surface area contributed by atoms with Gasteiger partial charge in [-0.25, -0.2) is 0 Å². The molecule has 0 saturated heterocycles. The highest BCUT2D eigenvalue weighted by atomic mass is 35.5. The fourth-order valence-corrected chi connectivity index (χ4v) is 1.59. The minimum Gasteiger partial charge on any atom is -0.123 e. The van der Waals surface area contributed by atoms with Crippen LogP contribution in [0.25, 0.3) is 0 Å². The van der Waals surface area contributed by atoms with Crippen molar-refractivity contribution >= 4 is 11.6 Å². The summed E-state index contributed by atoms with van der Waals surface area (Å²) in [4.78, 5) is 0. The van der Waals surface area contributed by atoms with Gasteiger partial charge in [0.2, 0.25) is 0 Å². The fourth-order valence-electron chi connectivity index (χ4n) is 0.973. The summed E-state index contributed by atoms with van der Waals surface area (Å²) < 4.78 is 0. The Kier molecular flexibility index (Phi) is 4.80. The Morgan fingerprint density at radius 1 is 1.50 bits per heavy atom. The second-order valence-electron chi connectivity index (χ2n) is 3.39. The van der Waals surface area contributed by atoms with E-state index in [2.05, 4.69) is 20.4 Å². The smallest absolute Gasteiger partial charge is 0.0375 e.